The Hall–Kier alpha value is -0.830. The van der Waals surface area contributed by atoms with Gasteiger partial charge >= 0.3 is 0 Å². The first kappa shape index (κ1) is 19.2. The first-order valence-corrected chi connectivity index (χ1v) is 9.53. The maximum absolute atomic E-state index is 12.8. The average molecular weight is 368 g/mol. The summed E-state index contributed by atoms with van der Waals surface area (Å²) >= 11 is 3.50. The highest BCUT2D eigenvalue weighted by Gasteiger charge is 2.17. The molecule has 0 aliphatic rings. The average Bonchev–Trinajstić information content (AvgIpc) is 2.53. The van der Waals surface area contributed by atoms with Gasteiger partial charge in [-0.1, -0.05) is 64.5 Å². The Balaban J connectivity index is 2.62. The van der Waals surface area contributed by atoms with Crippen molar-refractivity contribution >= 4 is 21.8 Å². The highest BCUT2D eigenvalue weighted by Crippen LogP contribution is 2.19. The van der Waals surface area contributed by atoms with Gasteiger partial charge in [-0.25, -0.2) is 0 Å². The van der Waals surface area contributed by atoms with Crippen molar-refractivity contribution in [2.75, 3.05) is 13.1 Å². The van der Waals surface area contributed by atoms with Crippen LogP contribution in [0.4, 0.5) is 0 Å². The molecule has 124 valence electrons. The van der Waals surface area contributed by atoms with Crippen LogP contribution in [0.3, 0.4) is 0 Å². The molecule has 1 amide bonds. The molecule has 0 saturated carbocycles. The van der Waals surface area contributed by atoms with Gasteiger partial charge < -0.3 is 4.90 Å². The summed E-state index contributed by atoms with van der Waals surface area (Å²) in [6.45, 7) is 6.20. The summed E-state index contributed by atoms with van der Waals surface area (Å²) in [6.07, 6.45) is 9.62. The number of hydrogen-bond acceptors (Lipinski definition) is 1. The van der Waals surface area contributed by atoms with E-state index in [2.05, 4.69) is 29.8 Å². The number of hydrogen-bond donors (Lipinski definition) is 0. The normalized spacial score (nSPS) is 10.7. The summed E-state index contributed by atoms with van der Waals surface area (Å²) in [5, 5.41) is 0. The van der Waals surface area contributed by atoms with Crippen LogP contribution in [0.5, 0.6) is 0 Å². The van der Waals surface area contributed by atoms with Crippen LogP contribution in [-0.4, -0.2) is 23.9 Å². The number of carbonyl (C=O) groups excluding carboxylic acids is 1. The predicted octanol–water partition coefficient (Wildman–Crippen LogP) is 6.05. The Bertz CT molecular complexity index is 421. The van der Waals surface area contributed by atoms with Crippen LogP contribution in [0.25, 0.3) is 0 Å². The van der Waals surface area contributed by atoms with Gasteiger partial charge in [-0.15, -0.1) is 0 Å². The van der Waals surface area contributed by atoms with E-state index in [-0.39, 0.29) is 5.91 Å². The first-order chi connectivity index (χ1) is 10.7. The number of amides is 1. The standard InChI is InChI=1S/C19H30BrNO/c1-3-5-7-11-15-21(16-12-8-6-4-2)19(22)17-13-9-10-14-18(17)20/h9-10,13-14H,3-8,11-12,15-16H2,1-2H3. The zero-order chi connectivity index (χ0) is 16.2. The smallest absolute Gasteiger partial charge is 0.254 e. The van der Waals surface area contributed by atoms with Crippen molar-refractivity contribution in [1.82, 2.24) is 4.90 Å². The van der Waals surface area contributed by atoms with Gasteiger partial charge in [-0.05, 0) is 40.9 Å². The van der Waals surface area contributed by atoms with Gasteiger partial charge in [0, 0.05) is 17.6 Å². The van der Waals surface area contributed by atoms with E-state index in [1.54, 1.807) is 0 Å². The van der Waals surface area contributed by atoms with Crippen molar-refractivity contribution in [3.8, 4) is 0 Å². The number of rotatable bonds is 11. The molecule has 22 heavy (non-hydrogen) atoms. The number of carbonyl (C=O) groups is 1. The van der Waals surface area contributed by atoms with Crippen molar-refractivity contribution < 1.29 is 4.79 Å². The molecule has 0 atom stereocenters. The summed E-state index contributed by atoms with van der Waals surface area (Å²) in [7, 11) is 0. The molecule has 1 aromatic rings. The fraction of sp³-hybridized carbons (Fsp3) is 0.632. The van der Waals surface area contributed by atoms with E-state index in [0.717, 1.165) is 36.0 Å². The lowest BCUT2D eigenvalue weighted by Crippen LogP contribution is -2.33. The molecule has 1 aromatic carbocycles. The van der Waals surface area contributed by atoms with Crippen molar-refractivity contribution in [1.29, 1.82) is 0 Å². The molecule has 0 radical (unpaired) electrons. The van der Waals surface area contributed by atoms with Gasteiger partial charge in [0.05, 0.1) is 5.56 Å². The second-order valence-corrected chi connectivity index (χ2v) is 6.75. The minimum Gasteiger partial charge on any atom is -0.339 e. The van der Waals surface area contributed by atoms with Gasteiger partial charge in [-0.3, -0.25) is 4.79 Å². The van der Waals surface area contributed by atoms with Crippen molar-refractivity contribution in [2.45, 2.75) is 65.2 Å². The van der Waals surface area contributed by atoms with Crippen LogP contribution >= 0.6 is 15.9 Å². The van der Waals surface area contributed by atoms with E-state index >= 15 is 0 Å². The summed E-state index contributed by atoms with van der Waals surface area (Å²) in [6, 6.07) is 7.75. The third-order valence-electron chi connectivity index (χ3n) is 3.95. The van der Waals surface area contributed by atoms with E-state index in [4.69, 9.17) is 0 Å². The zero-order valence-electron chi connectivity index (χ0n) is 14.1. The third kappa shape index (κ3) is 6.95. The molecule has 0 bridgehead atoms. The Morgan fingerprint density at radius 3 is 1.95 bits per heavy atom. The summed E-state index contributed by atoms with van der Waals surface area (Å²) in [5.41, 5.74) is 0.786. The Kier molecular flexibility index (Phi) is 10.2. The lowest BCUT2D eigenvalue weighted by molar-refractivity contribution is 0.0748. The van der Waals surface area contributed by atoms with Crippen molar-refractivity contribution in [3.63, 3.8) is 0 Å². The van der Waals surface area contributed by atoms with E-state index in [1.807, 2.05) is 29.2 Å². The molecule has 0 aliphatic heterocycles. The van der Waals surface area contributed by atoms with E-state index < -0.39 is 0 Å². The van der Waals surface area contributed by atoms with E-state index in [1.165, 1.54) is 38.5 Å². The van der Waals surface area contributed by atoms with Crippen LogP contribution in [0.15, 0.2) is 28.7 Å². The maximum Gasteiger partial charge on any atom is 0.254 e. The monoisotopic (exact) mass is 367 g/mol. The molecule has 0 aromatic heterocycles. The lowest BCUT2D eigenvalue weighted by atomic mass is 10.1. The summed E-state index contributed by atoms with van der Waals surface area (Å²) < 4.78 is 0.895. The van der Waals surface area contributed by atoms with Crippen molar-refractivity contribution in [2.24, 2.45) is 0 Å². The largest absolute Gasteiger partial charge is 0.339 e. The van der Waals surface area contributed by atoms with Crippen LogP contribution < -0.4 is 0 Å². The quantitative estimate of drug-likeness (QED) is 0.435. The highest BCUT2D eigenvalue weighted by atomic mass is 79.9. The predicted molar refractivity (Wildman–Crippen MR) is 98.3 cm³/mol. The van der Waals surface area contributed by atoms with Gasteiger partial charge in [0.25, 0.3) is 5.91 Å². The van der Waals surface area contributed by atoms with Gasteiger partial charge in [0.1, 0.15) is 0 Å². The summed E-state index contributed by atoms with van der Waals surface area (Å²) in [4.78, 5) is 14.8. The molecule has 3 heteroatoms. The van der Waals surface area contributed by atoms with Gasteiger partial charge in [0.2, 0.25) is 0 Å². The minimum atomic E-state index is 0.167. The van der Waals surface area contributed by atoms with Crippen LogP contribution in [-0.2, 0) is 0 Å². The molecule has 0 N–H and O–H groups in total. The zero-order valence-corrected chi connectivity index (χ0v) is 15.7. The molecule has 0 aliphatic carbocycles. The number of nitrogens with zero attached hydrogens (tertiary/aromatic N) is 1. The second kappa shape index (κ2) is 11.7. The van der Waals surface area contributed by atoms with E-state index in [9.17, 15) is 4.79 Å². The molecule has 0 unspecified atom stereocenters. The van der Waals surface area contributed by atoms with E-state index in [0.29, 0.717) is 0 Å². The highest BCUT2D eigenvalue weighted by molar-refractivity contribution is 9.10. The molecule has 0 fully saturated rings. The van der Waals surface area contributed by atoms with Crippen LogP contribution in [0.1, 0.15) is 75.6 Å². The Labute approximate surface area is 144 Å². The summed E-state index contributed by atoms with van der Waals surface area (Å²) in [5.74, 6) is 0.167. The van der Waals surface area contributed by atoms with Crippen molar-refractivity contribution in [3.05, 3.63) is 34.3 Å². The number of halogens is 1. The fourth-order valence-electron chi connectivity index (χ4n) is 2.58. The molecule has 0 saturated heterocycles. The van der Waals surface area contributed by atoms with Crippen LogP contribution in [0, 0.1) is 0 Å². The molecular weight excluding hydrogens is 338 g/mol. The molecule has 2 nitrogen and oxygen atoms in total. The fourth-order valence-corrected chi connectivity index (χ4v) is 3.03. The second-order valence-electron chi connectivity index (χ2n) is 5.89. The Morgan fingerprint density at radius 2 is 1.45 bits per heavy atom. The molecule has 0 heterocycles. The topological polar surface area (TPSA) is 20.3 Å². The molecule has 1 rings (SSSR count). The van der Waals surface area contributed by atoms with Gasteiger partial charge in [0.15, 0.2) is 0 Å². The SMILES string of the molecule is CCCCCCN(CCCCCC)C(=O)c1ccccc1Br. The lowest BCUT2D eigenvalue weighted by Gasteiger charge is -2.23. The number of benzene rings is 1. The number of unbranched alkanes of at least 4 members (excludes halogenated alkanes) is 6. The molecular formula is C19H30BrNO. The Morgan fingerprint density at radius 1 is 0.909 bits per heavy atom. The van der Waals surface area contributed by atoms with Crippen LogP contribution in [0.2, 0.25) is 0 Å². The van der Waals surface area contributed by atoms with Gasteiger partial charge in [-0.2, -0.15) is 0 Å². The minimum absolute atomic E-state index is 0.167. The first-order valence-electron chi connectivity index (χ1n) is 8.74. The third-order valence-corrected chi connectivity index (χ3v) is 4.65. The maximum atomic E-state index is 12.8. The molecule has 0 spiro atoms.